The lowest BCUT2D eigenvalue weighted by molar-refractivity contribution is -0.385. The van der Waals surface area contributed by atoms with Crippen LogP contribution in [0.1, 0.15) is 10.4 Å². The summed E-state index contributed by atoms with van der Waals surface area (Å²) in [5.41, 5.74) is 5.06. The van der Waals surface area contributed by atoms with Crippen molar-refractivity contribution in [3.05, 3.63) is 27.9 Å². The number of nitro groups is 1. The van der Waals surface area contributed by atoms with Gasteiger partial charge in [-0.2, -0.15) is 0 Å². The fraction of sp³-hybridized carbons (Fsp3) is 0.400. The van der Waals surface area contributed by atoms with Crippen molar-refractivity contribution in [3.8, 4) is 0 Å². The van der Waals surface area contributed by atoms with E-state index in [2.05, 4.69) is 4.98 Å². The SMILES string of the molecule is Nc1ncc([N+](=O)[O-])cc1C(=O)N1CC(O)C(O)C1. The van der Waals surface area contributed by atoms with Crippen molar-refractivity contribution in [2.24, 2.45) is 0 Å². The predicted octanol–water partition coefficient (Wildman–Crippen LogP) is -1.25. The molecular weight excluding hydrogens is 256 g/mol. The van der Waals surface area contributed by atoms with Crippen LogP contribution in [0, 0.1) is 10.1 Å². The molecular formula is C10H12N4O5. The highest BCUT2D eigenvalue weighted by molar-refractivity contribution is 5.99. The molecule has 9 heteroatoms. The summed E-state index contributed by atoms with van der Waals surface area (Å²) in [5.74, 6) is -0.740. The molecule has 1 aromatic heterocycles. The average molecular weight is 268 g/mol. The first-order valence-electron chi connectivity index (χ1n) is 5.45. The second-order valence-electron chi connectivity index (χ2n) is 4.23. The third-order valence-corrected chi connectivity index (χ3v) is 2.89. The van der Waals surface area contributed by atoms with Crippen LogP contribution in [0.5, 0.6) is 0 Å². The van der Waals surface area contributed by atoms with E-state index in [0.717, 1.165) is 12.3 Å². The Balaban J connectivity index is 2.29. The van der Waals surface area contributed by atoms with Gasteiger partial charge in [-0.05, 0) is 0 Å². The summed E-state index contributed by atoms with van der Waals surface area (Å²) in [5, 5.41) is 29.4. The third-order valence-electron chi connectivity index (χ3n) is 2.89. The van der Waals surface area contributed by atoms with E-state index in [1.54, 1.807) is 0 Å². The molecule has 1 amide bonds. The molecule has 2 unspecified atom stereocenters. The highest BCUT2D eigenvalue weighted by Gasteiger charge is 2.34. The highest BCUT2D eigenvalue weighted by atomic mass is 16.6. The molecule has 0 bridgehead atoms. The molecule has 1 aliphatic rings. The molecule has 9 nitrogen and oxygen atoms in total. The van der Waals surface area contributed by atoms with Gasteiger partial charge in [-0.1, -0.05) is 0 Å². The molecule has 2 heterocycles. The van der Waals surface area contributed by atoms with Gasteiger partial charge in [0.2, 0.25) is 0 Å². The number of aromatic nitrogens is 1. The zero-order chi connectivity index (χ0) is 14.2. The van der Waals surface area contributed by atoms with Gasteiger partial charge in [0.15, 0.2) is 0 Å². The first kappa shape index (κ1) is 13.2. The maximum atomic E-state index is 12.1. The van der Waals surface area contributed by atoms with Crippen LogP contribution in [0.2, 0.25) is 0 Å². The number of amides is 1. The topological polar surface area (TPSA) is 143 Å². The highest BCUT2D eigenvalue weighted by Crippen LogP contribution is 2.21. The number of hydrogen-bond donors (Lipinski definition) is 3. The number of nitrogen functional groups attached to an aromatic ring is 1. The van der Waals surface area contributed by atoms with Crippen molar-refractivity contribution in [3.63, 3.8) is 0 Å². The molecule has 0 aliphatic carbocycles. The molecule has 102 valence electrons. The minimum atomic E-state index is -1.03. The van der Waals surface area contributed by atoms with Gasteiger partial charge in [0.05, 0.1) is 22.7 Å². The summed E-state index contributed by atoms with van der Waals surface area (Å²) in [7, 11) is 0. The normalized spacial score (nSPS) is 22.5. The van der Waals surface area contributed by atoms with Crippen LogP contribution in [0.15, 0.2) is 12.3 Å². The van der Waals surface area contributed by atoms with Crippen LogP contribution in [0.3, 0.4) is 0 Å². The van der Waals surface area contributed by atoms with Crippen LogP contribution < -0.4 is 5.73 Å². The lowest BCUT2D eigenvalue weighted by Gasteiger charge is -2.15. The summed E-state index contributed by atoms with van der Waals surface area (Å²) < 4.78 is 0. The molecule has 0 saturated carbocycles. The number of anilines is 1. The van der Waals surface area contributed by atoms with E-state index in [4.69, 9.17) is 5.73 Å². The first-order chi connectivity index (χ1) is 8.90. The molecule has 1 saturated heterocycles. The number of hydrogen-bond acceptors (Lipinski definition) is 7. The minimum absolute atomic E-state index is 0.0534. The number of aliphatic hydroxyl groups excluding tert-OH is 2. The van der Waals surface area contributed by atoms with Crippen molar-refractivity contribution in [2.75, 3.05) is 18.8 Å². The Hall–Kier alpha value is -2.26. The van der Waals surface area contributed by atoms with Crippen molar-refractivity contribution in [1.29, 1.82) is 0 Å². The maximum Gasteiger partial charge on any atom is 0.288 e. The van der Waals surface area contributed by atoms with Crippen LogP contribution in [0.25, 0.3) is 0 Å². The fourth-order valence-corrected chi connectivity index (χ4v) is 1.84. The molecule has 1 aromatic rings. The number of pyridine rings is 1. The number of carbonyl (C=O) groups is 1. The summed E-state index contributed by atoms with van der Waals surface area (Å²) in [6, 6.07) is 1.03. The van der Waals surface area contributed by atoms with Crippen molar-refractivity contribution in [2.45, 2.75) is 12.2 Å². The van der Waals surface area contributed by atoms with Crippen LogP contribution >= 0.6 is 0 Å². The summed E-state index contributed by atoms with van der Waals surface area (Å²) in [4.78, 5) is 26.8. The first-order valence-corrected chi connectivity index (χ1v) is 5.45. The Morgan fingerprint density at radius 3 is 2.58 bits per heavy atom. The number of nitrogens with two attached hydrogens (primary N) is 1. The molecule has 19 heavy (non-hydrogen) atoms. The third kappa shape index (κ3) is 2.46. The Kier molecular flexibility index (Phi) is 3.32. The molecule has 1 aliphatic heterocycles. The number of nitrogens with zero attached hydrogens (tertiary/aromatic N) is 3. The lowest BCUT2D eigenvalue weighted by Crippen LogP contribution is -2.30. The van der Waals surface area contributed by atoms with Gasteiger partial charge in [-0.15, -0.1) is 0 Å². The van der Waals surface area contributed by atoms with Crippen LogP contribution in [-0.2, 0) is 0 Å². The molecule has 2 rings (SSSR count). The van der Waals surface area contributed by atoms with E-state index in [1.165, 1.54) is 4.90 Å². The zero-order valence-corrected chi connectivity index (χ0v) is 9.76. The van der Waals surface area contributed by atoms with E-state index in [9.17, 15) is 25.1 Å². The van der Waals surface area contributed by atoms with E-state index in [0.29, 0.717) is 0 Å². The largest absolute Gasteiger partial charge is 0.388 e. The van der Waals surface area contributed by atoms with Gasteiger partial charge in [0.1, 0.15) is 12.0 Å². The van der Waals surface area contributed by atoms with Gasteiger partial charge in [0, 0.05) is 19.2 Å². The van der Waals surface area contributed by atoms with Crippen molar-refractivity contribution >= 4 is 17.4 Å². The maximum absolute atomic E-state index is 12.1. The summed E-state index contributed by atoms with van der Waals surface area (Å²) in [6.45, 7) is -0.107. The van der Waals surface area contributed by atoms with Gasteiger partial charge in [-0.25, -0.2) is 4.98 Å². The van der Waals surface area contributed by atoms with Gasteiger partial charge < -0.3 is 20.8 Å². The van der Waals surface area contributed by atoms with Crippen LogP contribution in [-0.4, -0.2) is 56.2 Å². The molecule has 0 aromatic carbocycles. The fourth-order valence-electron chi connectivity index (χ4n) is 1.84. The van der Waals surface area contributed by atoms with Gasteiger partial charge in [-0.3, -0.25) is 14.9 Å². The Morgan fingerprint density at radius 1 is 1.47 bits per heavy atom. The number of β-amino-alcohol motifs (C(OH)–C–C–N with tert-alkyl or cyclic N) is 2. The van der Waals surface area contributed by atoms with E-state index in [1.807, 2.05) is 0 Å². The quantitative estimate of drug-likeness (QED) is 0.449. The number of likely N-dealkylation sites (tertiary alicyclic amines) is 1. The number of rotatable bonds is 2. The molecule has 4 N–H and O–H groups in total. The molecule has 2 atom stereocenters. The molecule has 0 spiro atoms. The lowest BCUT2D eigenvalue weighted by atomic mass is 10.2. The second-order valence-corrected chi connectivity index (χ2v) is 4.23. The van der Waals surface area contributed by atoms with Gasteiger partial charge in [0.25, 0.3) is 11.6 Å². The standard InChI is InChI=1S/C10H12N4O5/c11-9-6(1-5(2-12-9)14(18)19)10(17)13-3-7(15)8(16)4-13/h1-2,7-8,15-16H,3-4H2,(H2,11,12). The van der Waals surface area contributed by atoms with E-state index < -0.39 is 23.0 Å². The van der Waals surface area contributed by atoms with Crippen molar-refractivity contribution in [1.82, 2.24) is 9.88 Å². The van der Waals surface area contributed by atoms with E-state index >= 15 is 0 Å². The predicted molar refractivity (Wildman–Crippen MR) is 63.2 cm³/mol. The summed E-state index contributed by atoms with van der Waals surface area (Å²) in [6.07, 6.45) is -1.10. The number of carbonyl (C=O) groups excluding carboxylic acids is 1. The van der Waals surface area contributed by atoms with E-state index in [-0.39, 0.29) is 30.2 Å². The number of aliphatic hydroxyl groups is 2. The zero-order valence-electron chi connectivity index (χ0n) is 9.76. The smallest absolute Gasteiger partial charge is 0.288 e. The average Bonchev–Trinajstić information content (AvgIpc) is 2.69. The van der Waals surface area contributed by atoms with Gasteiger partial charge >= 0.3 is 0 Å². The minimum Gasteiger partial charge on any atom is -0.388 e. The molecule has 0 radical (unpaired) electrons. The Bertz CT molecular complexity index is 525. The monoisotopic (exact) mass is 268 g/mol. The summed E-state index contributed by atoms with van der Waals surface area (Å²) >= 11 is 0. The Morgan fingerprint density at radius 2 is 2.05 bits per heavy atom. The molecule has 1 fully saturated rings. The van der Waals surface area contributed by atoms with Crippen LogP contribution in [0.4, 0.5) is 11.5 Å². The Labute approximate surface area is 107 Å². The van der Waals surface area contributed by atoms with Crippen molar-refractivity contribution < 1.29 is 19.9 Å². The second kappa shape index (κ2) is 4.78.